The molecule has 0 aliphatic carbocycles. The van der Waals surface area contributed by atoms with Gasteiger partial charge in [-0.25, -0.2) is 0 Å². The molecule has 0 saturated carbocycles. The summed E-state index contributed by atoms with van der Waals surface area (Å²) in [6, 6.07) is 4.37. The number of nitro groups is 1. The lowest BCUT2D eigenvalue weighted by atomic mass is 10.1. The number of carbonyl (C=O) groups excluding carboxylic acids is 1. The van der Waals surface area contributed by atoms with E-state index in [1.165, 1.54) is 18.2 Å². The molecular formula is C10H12N4O3. The molecule has 1 aliphatic rings. The molecule has 0 bridgehead atoms. The summed E-state index contributed by atoms with van der Waals surface area (Å²) in [6.07, 6.45) is 0. The molecule has 7 nitrogen and oxygen atoms in total. The quantitative estimate of drug-likeness (QED) is 0.506. The van der Waals surface area contributed by atoms with Crippen LogP contribution >= 0.6 is 0 Å². The fraction of sp³-hybridized carbons (Fsp3) is 0.300. The predicted octanol–water partition coefficient (Wildman–Crippen LogP) is 0.0774. The lowest BCUT2D eigenvalue weighted by Gasteiger charge is -2.28. The number of nitrogens with one attached hydrogen (secondary N) is 2. The number of nitro benzene ring substituents is 1. The normalized spacial score (nSPS) is 15.1. The number of benzene rings is 1. The molecule has 1 amide bonds. The van der Waals surface area contributed by atoms with Crippen molar-refractivity contribution in [1.82, 2.24) is 5.32 Å². The molecule has 1 heterocycles. The van der Waals surface area contributed by atoms with E-state index in [1.807, 2.05) is 0 Å². The Bertz CT molecular complexity index is 471. The summed E-state index contributed by atoms with van der Waals surface area (Å²) in [5.41, 5.74) is 5.49. The second-order valence-electron chi connectivity index (χ2n) is 3.85. The van der Waals surface area contributed by atoms with Gasteiger partial charge in [0.1, 0.15) is 5.69 Å². The van der Waals surface area contributed by atoms with Crippen molar-refractivity contribution >= 4 is 17.3 Å². The Kier molecular flexibility index (Phi) is 2.92. The first kappa shape index (κ1) is 11.3. The Morgan fingerprint density at radius 3 is 2.71 bits per heavy atom. The maximum absolute atomic E-state index is 10.9. The van der Waals surface area contributed by atoms with Gasteiger partial charge in [0.25, 0.3) is 5.69 Å². The van der Waals surface area contributed by atoms with Crippen molar-refractivity contribution in [1.29, 1.82) is 0 Å². The average Bonchev–Trinajstić information content (AvgIpc) is 2.23. The number of amides is 1. The molecule has 4 N–H and O–H groups in total. The van der Waals surface area contributed by atoms with Crippen molar-refractivity contribution in [2.75, 3.05) is 18.4 Å². The highest BCUT2D eigenvalue weighted by atomic mass is 16.6. The molecule has 0 atom stereocenters. The molecule has 1 fully saturated rings. The van der Waals surface area contributed by atoms with Gasteiger partial charge in [0, 0.05) is 24.7 Å². The first-order valence-corrected chi connectivity index (χ1v) is 5.13. The van der Waals surface area contributed by atoms with Crippen LogP contribution in [0.25, 0.3) is 0 Å². The Morgan fingerprint density at radius 1 is 1.53 bits per heavy atom. The van der Waals surface area contributed by atoms with Crippen molar-refractivity contribution in [2.45, 2.75) is 6.04 Å². The zero-order valence-corrected chi connectivity index (χ0v) is 8.97. The first-order chi connectivity index (χ1) is 8.08. The van der Waals surface area contributed by atoms with Crippen LogP contribution in [0, 0.1) is 10.1 Å². The maximum Gasteiger partial charge on any atom is 0.293 e. The molecular weight excluding hydrogens is 224 g/mol. The van der Waals surface area contributed by atoms with Gasteiger partial charge in [-0.2, -0.15) is 0 Å². The SMILES string of the molecule is NC(=O)c1ccc(NC2CNC2)c([N+](=O)[O-])c1. The number of nitrogens with zero attached hydrogens (tertiary/aromatic N) is 1. The summed E-state index contributed by atoms with van der Waals surface area (Å²) in [4.78, 5) is 21.3. The zero-order chi connectivity index (χ0) is 12.4. The summed E-state index contributed by atoms with van der Waals surface area (Å²) in [6.45, 7) is 1.55. The van der Waals surface area contributed by atoms with Gasteiger partial charge in [-0.05, 0) is 12.1 Å². The van der Waals surface area contributed by atoms with Crippen molar-refractivity contribution in [3.63, 3.8) is 0 Å². The van der Waals surface area contributed by atoms with E-state index in [1.54, 1.807) is 0 Å². The van der Waals surface area contributed by atoms with E-state index in [2.05, 4.69) is 10.6 Å². The minimum Gasteiger partial charge on any atom is -0.374 e. The van der Waals surface area contributed by atoms with Crippen molar-refractivity contribution < 1.29 is 9.72 Å². The van der Waals surface area contributed by atoms with E-state index >= 15 is 0 Å². The summed E-state index contributed by atoms with van der Waals surface area (Å²) >= 11 is 0. The monoisotopic (exact) mass is 236 g/mol. The highest BCUT2D eigenvalue weighted by Crippen LogP contribution is 2.26. The minimum atomic E-state index is -0.676. The third-order valence-electron chi connectivity index (χ3n) is 2.62. The smallest absolute Gasteiger partial charge is 0.293 e. The molecule has 0 aromatic heterocycles. The Morgan fingerprint density at radius 2 is 2.24 bits per heavy atom. The van der Waals surface area contributed by atoms with Gasteiger partial charge in [-0.3, -0.25) is 14.9 Å². The van der Waals surface area contributed by atoms with Crippen LogP contribution in [0.15, 0.2) is 18.2 Å². The van der Waals surface area contributed by atoms with Crippen LogP contribution < -0.4 is 16.4 Å². The minimum absolute atomic E-state index is 0.131. The first-order valence-electron chi connectivity index (χ1n) is 5.13. The van der Waals surface area contributed by atoms with Crippen LogP contribution in [-0.2, 0) is 0 Å². The van der Waals surface area contributed by atoms with Crippen LogP contribution in [0.3, 0.4) is 0 Å². The molecule has 1 aromatic rings. The van der Waals surface area contributed by atoms with E-state index < -0.39 is 10.8 Å². The van der Waals surface area contributed by atoms with Gasteiger partial charge in [0.05, 0.1) is 11.0 Å². The molecule has 0 radical (unpaired) electrons. The van der Waals surface area contributed by atoms with Gasteiger partial charge in [0.2, 0.25) is 5.91 Å². The summed E-state index contributed by atoms with van der Waals surface area (Å²) in [5.74, 6) is -0.676. The highest BCUT2D eigenvalue weighted by Gasteiger charge is 2.22. The molecule has 7 heteroatoms. The number of rotatable bonds is 4. The van der Waals surface area contributed by atoms with E-state index in [0.717, 1.165) is 13.1 Å². The topological polar surface area (TPSA) is 110 Å². The average molecular weight is 236 g/mol. The van der Waals surface area contributed by atoms with Crippen LogP contribution in [0.1, 0.15) is 10.4 Å². The lowest BCUT2D eigenvalue weighted by molar-refractivity contribution is -0.384. The zero-order valence-electron chi connectivity index (χ0n) is 8.97. The van der Waals surface area contributed by atoms with Gasteiger partial charge >= 0.3 is 0 Å². The molecule has 17 heavy (non-hydrogen) atoms. The molecule has 2 rings (SSSR count). The number of carbonyl (C=O) groups is 1. The number of anilines is 1. The standard InChI is InChI=1S/C10H12N4O3/c11-10(15)6-1-2-8(9(3-6)14(16)17)13-7-4-12-5-7/h1-3,7,12-13H,4-5H2,(H2,11,15). The van der Waals surface area contributed by atoms with E-state index in [-0.39, 0.29) is 17.3 Å². The summed E-state index contributed by atoms with van der Waals surface area (Å²) in [5, 5.41) is 17.0. The third kappa shape index (κ3) is 2.34. The second kappa shape index (κ2) is 4.38. The second-order valence-corrected chi connectivity index (χ2v) is 3.85. The number of hydrogen-bond acceptors (Lipinski definition) is 5. The van der Waals surface area contributed by atoms with Gasteiger partial charge in [-0.1, -0.05) is 0 Å². The Balaban J connectivity index is 2.30. The van der Waals surface area contributed by atoms with Crippen molar-refractivity contribution in [3.05, 3.63) is 33.9 Å². The van der Waals surface area contributed by atoms with Crippen LogP contribution in [0.5, 0.6) is 0 Å². The molecule has 1 aromatic carbocycles. The summed E-state index contributed by atoms with van der Waals surface area (Å²) in [7, 11) is 0. The molecule has 0 unspecified atom stereocenters. The lowest BCUT2D eigenvalue weighted by Crippen LogP contribution is -2.51. The van der Waals surface area contributed by atoms with E-state index in [4.69, 9.17) is 5.73 Å². The van der Waals surface area contributed by atoms with Crippen LogP contribution in [0.2, 0.25) is 0 Å². The van der Waals surface area contributed by atoms with Crippen molar-refractivity contribution in [3.8, 4) is 0 Å². The molecule has 0 spiro atoms. The van der Waals surface area contributed by atoms with Gasteiger partial charge in [0.15, 0.2) is 0 Å². The number of primary amides is 1. The summed E-state index contributed by atoms with van der Waals surface area (Å²) < 4.78 is 0. The number of nitrogens with two attached hydrogens (primary N) is 1. The van der Waals surface area contributed by atoms with E-state index in [0.29, 0.717) is 5.69 Å². The van der Waals surface area contributed by atoms with Crippen LogP contribution in [0.4, 0.5) is 11.4 Å². The van der Waals surface area contributed by atoms with Gasteiger partial charge < -0.3 is 16.4 Å². The van der Waals surface area contributed by atoms with Crippen molar-refractivity contribution in [2.24, 2.45) is 5.73 Å². The number of hydrogen-bond donors (Lipinski definition) is 3. The van der Waals surface area contributed by atoms with Gasteiger partial charge in [-0.15, -0.1) is 0 Å². The van der Waals surface area contributed by atoms with Crippen LogP contribution in [-0.4, -0.2) is 30.0 Å². The largest absolute Gasteiger partial charge is 0.374 e. The fourth-order valence-electron chi connectivity index (χ4n) is 1.57. The molecule has 1 saturated heterocycles. The fourth-order valence-corrected chi connectivity index (χ4v) is 1.57. The molecule has 90 valence electrons. The highest BCUT2D eigenvalue weighted by molar-refractivity contribution is 5.94. The maximum atomic E-state index is 10.9. The Hall–Kier alpha value is -2.15. The molecule has 1 aliphatic heterocycles. The predicted molar refractivity (Wildman–Crippen MR) is 61.9 cm³/mol. The Labute approximate surface area is 97.1 Å². The van der Waals surface area contributed by atoms with E-state index in [9.17, 15) is 14.9 Å². The third-order valence-corrected chi connectivity index (χ3v) is 2.62.